The Balaban J connectivity index is 0. The second-order valence-electron chi connectivity index (χ2n) is 14.6. The lowest BCUT2D eigenvalue weighted by Crippen LogP contribution is -2.23. The highest BCUT2D eigenvalue weighted by Gasteiger charge is 2.19. The van der Waals surface area contributed by atoms with E-state index in [0.29, 0.717) is 0 Å². The molecule has 342 valence electrons. The Morgan fingerprint density at radius 3 is 1.10 bits per heavy atom. The Kier molecular flexibility index (Phi) is 42.3. The van der Waals surface area contributed by atoms with Crippen molar-refractivity contribution in [3.8, 4) is 0 Å². The van der Waals surface area contributed by atoms with Crippen LogP contribution in [0.1, 0.15) is 181 Å². The largest absolute Gasteiger partial charge is 0.469 e. The molecule has 16 heteroatoms. The van der Waals surface area contributed by atoms with Crippen LogP contribution in [0.15, 0.2) is 36.5 Å². The molecule has 0 unspecified atom stereocenters. The van der Waals surface area contributed by atoms with Gasteiger partial charge >= 0.3 is 27.6 Å². The number of allylic oxidation sites excluding steroid dienone is 6. The molecule has 0 aromatic carbocycles. The van der Waals surface area contributed by atoms with Crippen LogP contribution in [0.5, 0.6) is 0 Å². The van der Waals surface area contributed by atoms with Crippen LogP contribution in [0.25, 0.3) is 0 Å². The number of carbonyl (C=O) groups excluding carboxylic acids is 2. The fourth-order valence-corrected chi connectivity index (χ4v) is 6.14. The van der Waals surface area contributed by atoms with Gasteiger partial charge in [-0.15, -0.1) is 0 Å². The van der Waals surface area contributed by atoms with Crippen LogP contribution in [0.3, 0.4) is 0 Å². The summed E-state index contributed by atoms with van der Waals surface area (Å²) in [5.41, 5.74) is 0. The molecule has 14 nitrogen and oxygen atoms in total. The van der Waals surface area contributed by atoms with E-state index >= 15 is 0 Å². The predicted octanol–water partition coefficient (Wildman–Crippen LogP) is 9.85. The lowest BCUT2D eigenvalue weighted by atomic mass is 10.1. The van der Waals surface area contributed by atoms with Gasteiger partial charge in [-0.3, -0.25) is 18.6 Å². The molecule has 0 fully saturated rings. The highest BCUT2D eigenvalue weighted by Crippen LogP contribution is 2.36. The number of hydrogen-bond donors (Lipinski definition) is 6. The summed E-state index contributed by atoms with van der Waals surface area (Å²) >= 11 is 0. The summed E-state index contributed by atoms with van der Waals surface area (Å²) in [6.07, 6.45) is 39.2. The summed E-state index contributed by atoms with van der Waals surface area (Å²) in [6.45, 7) is 2.63. The molecule has 0 amide bonds. The minimum absolute atomic E-state index is 0.274. The van der Waals surface area contributed by atoms with Crippen LogP contribution in [0, 0.1) is 0 Å². The van der Waals surface area contributed by atoms with Gasteiger partial charge in [0, 0.05) is 12.8 Å². The zero-order valence-electron chi connectivity index (χ0n) is 35.7. The van der Waals surface area contributed by atoms with Gasteiger partial charge in [-0.1, -0.05) is 134 Å². The summed E-state index contributed by atoms with van der Waals surface area (Å²) in [5.74, 6) is -0.844. The van der Waals surface area contributed by atoms with Gasteiger partial charge in [-0.2, -0.15) is 0 Å². The number of rotatable bonds is 39. The maximum atomic E-state index is 11.5. The molecule has 0 aromatic heterocycles. The predicted molar refractivity (Wildman–Crippen MR) is 229 cm³/mol. The molecule has 0 saturated carbocycles. The average Bonchev–Trinajstić information content (AvgIpc) is 3.17. The average molecular weight is 871 g/mol. The molecular weight excluding hydrogens is 790 g/mol. The molecule has 0 aliphatic heterocycles. The van der Waals surface area contributed by atoms with E-state index in [1.165, 1.54) is 77.0 Å². The van der Waals surface area contributed by atoms with Crippen molar-refractivity contribution in [2.24, 2.45) is 0 Å². The molecule has 0 aliphatic rings. The number of carbonyl (C=O) groups is 2. The van der Waals surface area contributed by atoms with E-state index in [1.807, 2.05) is 0 Å². The highest BCUT2D eigenvalue weighted by molar-refractivity contribution is 7.46. The van der Waals surface area contributed by atoms with Crippen molar-refractivity contribution >= 4 is 27.6 Å². The van der Waals surface area contributed by atoms with E-state index < -0.39 is 53.0 Å². The minimum Gasteiger partial charge on any atom is -0.463 e. The van der Waals surface area contributed by atoms with Gasteiger partial charge in [0.1, 0.15) is 25.4 Å². The van der Waals surface area contributed by atoms with E-state index in [0.717, 1.165) is 77.0 Å². The molecule has 2 atom stereocenters. The third-order valence-corrected chi connectivity index (χ3v) is 9.69. The van der Waals surface area contributed by atoms with Crippen molar-refractivity contribution in [2.75, 3.05) is 26.4 Å². The zero-order chi connectivity index (χ0) is 43.6. The minimum atomic E-state index is -4.62. The number of phosphoric acid groups is 2. The van der Waals surface area contributed by atoms with Gasteiger partial charge < -0.3 is 39.3 Å². The zero-order valence-corrected chi connectivity index (χ0v) is 37.5. The normalized spacial score (nSPS) is 13.2. The number of hydrogen-bond acceptors (Lipinski definition) is 10. The quantitative estimate of drug-likeness (QED) is 0.0146. The van der Waals surface area contributed by atoms with E-state index in [2.05, 4.69) is 59.4 Å². The second kappa shape index (κ2) is 42.0. The first-order chi connectivity index (χ1) is 27.7. The Labute approximate surface area is 349 Å². The number of phosphoric ester groups is 2. The number of esters is 2. The van der Waals surface area contributed by atoms with Crippen LogP contribution in [-0.2, 0) is 37.2 Å². The summed E-state index contributed by atoms with van der Waals surface area (Å²) in [7, 11) is -9.24. The third-order valence-electron chi connectivity index (χ3n) is 8.72. The van der Waals surface area contributed by atoms with Gasteiger partial charge in [-0.05, 0) is 70.6 Å². The SMILES string of the molecule is CCCCC/C=C\C/C=C\CCCCCCCC(=O)OC[C@H](O)COP(=O)(O)O.CCCCCCCC/C=C\CCCCCCCC(=O)OC[C@@H](O)COP(=O)(O)O. The van der Waals surface area contributed by atoms with E-state index in [-0.39, 0.29) is 26.1 Å². The van der Waals surface area contributed by atoms with E-state index in [1.54, 1.807) is 0 Å². The van der Waals surface area contributed by atoms with E-state index in [9.17, 15) is 28.9 Å². The van der Waals surface area contributed by atoms with Gasteiger partial charge in [0.25, 0.3) is 0 Å². The number of unbranched alkanes of at least 4 members (excludes halogenated alkanes) is 19. The monoisotopic (exact) mass is 871 g/mol. The van der Waals surface area contributed by atoms with Crippen molar-refractivity contribution < 1.29 is 67.0 Å². The Morgan fingerprint density at radius 2 is 0.741 bits per heavy atom. The van der Waals surface area contributed by atoms with Gasteiger partial charge in [0.2, 0.25) is 0 Å². The van der Waals surface area contributed by atoms with Crippen molar-refractivity contribution in [3.05, 3.63) is 36.5 Å². The van der Waals surface area contributed by atoms with E-state index in [4.69, 9.17) is 29.0 Å². The smallest absolute Gasteiger partial charge is 0.463 e. The van der Waals surface area contributed by atoms with Crippen molar-refractivity contribution in [1.82, 2.24) is 0 Å². The third kappa shape index (κ3) is 52.3. The summed E-state index contributed by atoms with van der Waals surface area (Å²) in [5, 5.41) is 18.8. The molecule has 0 radical (unpaired) electrons. The number of ether oxygens (including phenoxy) is 2. The number of aliphatic hydroxyl groups excluding tert-OH is 2. The topological polar surface area (TPSA) is 227 Å². The van der Waals surface area contributed by atoms with Gasteiger partial charge in [0.15, 0.2) is 0 Å². The lowest BCUT2D eigenvalue weighted by Gasteiger charge is -2.12. The Bertz CT molecular complexity index is 1140. The molecule has 0 aromatic rings. The molecule has 0 heterocycles. The first-order valence-electron chi connectivity index (χ1n) is 21.7. The van der Waals surface area contributed by atoms with Crippen LogP contribution in [0.2, 0.25) is 0 Å². The molecule has 0 spiro atoms. The van der Waals surface area contributed by atoms with Crippen molar-refractivity contribution in [3.63, 3.8) is 0 Å². The molecular formula is C42H80O14P2. The van der Waals surface area contributed by atoms with Crippen LogP contribution >= 0.6 is 15.6 Å². The van der Waals surface area contributed by atoms with Crippen molar-refractivity contribution in [2.45, 2.75) is 193 Å². The first kappa shape index (κ1) is 58.4. The van der Waals surface area contributed by atoms with Gasteiger partial charge in [-0.25, -0.2) is 9.13 Å². The summed E-state index contributed by atoms with van der Waals surface area (Å²) < 4.78 is 39.0. The fourth-order valence-electron chi connectivity index (χ4n) is 5.41. The summed E-state index contributed by atoms with van der Waals surface area (Å²) in [4.78, 5) is 57.1. The maximum Gasteiger partial charge on any atom is 0.469 e. The van der Waals surface area contributed by atoms with Gasteiger partial charge in [0.05, 0.1) is 13.2 Å². The van der Waals surface area contributed by atoms with Crippen molar-refractivity contribution in [1.29, 1.82) is 0 Å². The fraction of sp³-hybridized carbons (Fsp3) is 0.810. The molecule has 0 rings (SSSR count). The Morgan fingerprint density at radius 1 is 0.448 bits per heavy atom. The van der Waals surface area contributed by atoms with Crippen LogP contribution < -0.4 is 0 Å². The molecule has 6 N–H and O–H groups in total. The molecule has 0 aliphatic carbocycles. The van der Waals surface area contributed by atoms with Crippen LogP contribution in [0.4, 0.5) is 0 Å². The molecule has 0 saturated heterocycles. The first-order valence-corrected chi connectivity index (χ1v) is 24.8. The highest BCUT2D eigenvalue weighted by atomic mass is 31.2. The van der Waals surface area contributed by atoms with Crippen LogP contribution in [-0.4, -0.2) is 80.4 Å². The molecule has 0 bridgehead atoms. The maximum absolute atomic E-state index is 11.5. The molecule has 58 heavy (non-hydrogen) atoms. The standard InChI is InChI=1S/C21H41O7P.C21H39O7P/c2*1-2-3-4-5-6-7-8-9-10-11-12-13-14-15-16-17-21(23)27-18-20(22)19-28-29(24,25)26/h9-10,20,22H,2-8,11-19H2,1H3,(H2,24,25,26);6-7,9-10,20,22H,2-5,8,11-19H2,1H3,(H2,24,25,26)/b10-9-;7-6-,10-9-/t2*20-/m10/s1. The number of aliphatic hydroxyl groups is 2. The lowest BCUT2D eigenvalue weighted by molar-refractivity contribution is -0.148. The Hall–Kier alpha value is -1.70. The second-order valence-corrected chi connectivity index (χ2v) is 17.0. The summed E-state index contributed by atoms with van der Waals surface area (Å²) in [6, 6.07) is 0.